The maximum absolute atomic E-state index is 11.9. The van der Waals surface area contributed by atoms with Crippen LogP contribution in [0.3, 0.4) is 0 Å². The van der Waals surface area contributed by atoms with Crippen molar-refractivity contribution >= 4 is 35.5 Å². The molecule has 118 valence electrons. The molecule has 1 N–H and O–H groups in total. The third kappa shape index (κ3) is 4.27. The van der Waals surface area contributed by atoms with Gasteiger partial charge in [0, 0.05) is 11.5 Å². The number of carbonyl (C=O) groups excluding carboxylic acids is 1. The zero-order valence-electron chi connectivity index (χ0n) is 12.2. The number of amides is 1. The molecule has 1 fully saturated rings. The van der Waals surface area contributed by atoms with Crippen LogP contribution in [0.2, 0.25) is 5.02 Å². The average Bonchev–Trinajstić information content (AvgIpc) is 2.52. The monoisotopic (exact) mass is 346 g/mol. The van der Waals surface area contributed by atoms with Crippen LogP contribution in [0.15, 0.2) is 53.6 Å². The van der Waals surface area contributed by atoms with Crippen LogP contribution in [0, 0.1) is 0 Å². The van der Waals surface area contributed by atoms with E-state index in [2.05, 4.69) is 10.5 Å². The van der Waals surface area contributed by atoms with Crippen molar-refractivity contribution in [1.29, 1.82) is 0 Å². The van der Waals surface area contributed by atoms with Gasteiger partial charge in [0.2, 0.25) is 0 Å². The molecule has 0 saturated carbocycles. The van der Waals surface area contributed by atoms with Gasteiger partial charge < -0.3 is 4.74 Å². The number of halogens is 1. The fraction of sp³-hybridized carbons (Fsp3) is 0.176. The lowest BCUT2D eigenvalue weighted by Gasteiger charge is -2.25. The summed E-state index contributed by atoms with van der Waals surface area (Å²) in [5.74, 6) is 2.62. The SMILES string of the molecule is O=C(N/N=C\c1ccc(OC2CSC2)cc1)c1ccccc1Cl. The van der Waals surface area contributed by atoms with E-state index >= 15 is 0 Å². The van der Waals surface area contributed by atoms with Crippen molar-refractivity contribution in [2.75, 3.05) is 11.5 Å². The first kappa shape index (κ1) is 15.9. The van der Waals surface area contributed by atoms with Crippen LogP contribution in [0.1, 0.15) is 15.9 Å². The van der Waals surface area contributed by atoms with Crippen molar-refractivity contribution in [1.82, 2.24) is 5.43 Å². The minimum atomic E-state index is -0.339. The van der Waals surface area contributed by atoms with E-state index in [1.54, 1.807) is 30.5 Å². The quantitative estimate of drug-likeness (QED) is 0.664. The van der Waals surface area contributed by atoms with E-state index in [-0.39, 0.29) is 5.91 Å². The van der Waals surface area contributed by atoms with Crippen molar-refractivity contribution in [3.63, 3.8) is 0 Å². The van der Waals surface area contributed by atoms with E-state index in [9.17, 15) is 4.79 Å². The van der Waals surface area contributed by atoms with E-state index in [0.29, 0.717) is 16.7 Å². The molecule has 0 radical (unpaired) electrons. The number of ether oxygens (including phenoxy) is 1. The van der Waals surface area contributed by atoms with Crippen LogP contribution in [-0.4, -0.2) is 29.7 Å². The molecule has 1 amide bonds. The Morgan fingerprint density at radius 1 is 1.22 bits per heavy atom. The highest BCUT2D eigenvalue weighted by atomic mass is 35.5. The number of hydrazone groups is 1. The molecule has 0 unspecified atom stereocenters. The molecule has 2 aromatic carbocycles. The molecule has 1 heterocycles. The normalized spacial score (nSPS) is 14.5. The highest BCUT2D eigenvalue weighted by Gasteiger charge is 2.19. The third-order valence-corrected chi connectivity index (χ3v) is 4.83. The zero-order chi connectivity index (χ0) is 16.1. The molecular weight excluding hydrogens is 332 g/mol. The smallest absolute Gasteiger partial charge is 0.272 e. The van der Waals surface area contributed by atoms with Crippen molar-refractivity contribution < 1.29 is 9.53 Å². The van der Waals surface area contributed by atoms with Crippen molar-refractivity contribution in [3.8, 4) is 5.75 Å². The largest absolute Gasteiger partial charge is 0.489 e. The van der Waals surface area contributed by atoms with Gasteiger partial charge >= 0.3 is 0 Å². The Labute approximate surface area is 143 Å². The van der Waals surface area contributed by atoms with Gasteiger partial charge in [-0.05, 0) is 42.0 Å². The molecule has 23 heavy (non-hydrogen) atoms. The first-order valence-corrected chi connectivity index (χ1v) is 8.68. The first-order valence-electron chi connectivity index (χ1n) is 7.15. The maximum atomic E-state index is 11.9. The fourth-order valence-electron chi connectivity index (χ4n) is 1.98. The topological polar surface area (TPSA) is 50.7 Å². The zero-order valence-corrected chi connectivity index (χ0v) is 13.8. The van der Waals surface area contributed by atoms with E-state index in [0.717, 1.165) is 22.8 Å². The van der Waals surface area contributed by atoms with Crippen LogP contribution >= 0.6 is 23.4 Å². The number of rotatable bonds is 5. The molecule has 1 aliphatic rings. The summed E-state index contributed by atoms with van der Waals surface area (Å²) in [5, 5.41) is 4.35. The molecule has 6 heteroatoms. The number of hydrogen-bond donors (Lipinski definition) is 1. The minimum absolute atomic E-state index is 0.328. The Kier molecular flexibility index (Phi) is 5.20. The molecule has 3 rings (SSSR count). The average molecular weight is 347 g/mol. The van der Waals surface area contributed by atoms with Gasteiger partial charge in [-0.3, -0.25) is 4.79 Å². The molecule has 0 aromatic heterocycles. The molecule has 0 bridgehead atoms. The van der Waals surface area contributed by atoms with Crippen molar-refractivity contribution in [3.05, 3.63) is 64.7 Å². The van der Waals surface area contributed by atoms with E-state index in [1.165, 1.54) is 0 Å². The molecular formula is C17H15ClN2O2S. The number of thioether (sulfide) groups is 1. The standard InChI is InChI=1S/C17H15ClN2O2S/c18-16-4-2-1-3-15(16)17(21)20-19-9-12-5-7-13(8-6-12)22-14-10-23-11-14/h1-9,14H,10-11H2,(H,20,21)/b19-9-. The number of hydrogen-bond acceptors (Lipinski definition) is 4. The predicted molar refractivity (Wildman–Crippen MR) is 94.7 cm³/mol. The second kappa shape index (κ2) is 7.53. The van der Waals surface area contributed by atoms with Gasteiger partial charge in [-0.25, -0.2) is 5.43 Å². The summed E-state index contributed by atoms with van der Waals surface area (Å²) in [6.07, 6.45) is 1.91. The summed E-state index contributed by atoms with van der Waals surface area (Å²) in [7, 11) is 0. The summed E-state index contributed by atoms with van der Waals surface area (Å²) in [6, 6.07) is 14.4. The number of nitrogens with zero attached hydrogens (tertiary/aromatic N) is 1. The van der Waals surface area contributed by atoms with Crippen molar-refractivity contribution in [2.24, 2.45) is 5.10 Å². The second-order valence-electron chi connectivity index (χ2n) is 5.03. The lowest BCUT2D eigenvalue weighted by Crippen LogP contribution is -2.30. The van der Waals surface area contributed by atoms with Gasteiger partial charge in [-0.2, -0.15) is 16.9 Å². The van der Waals surface area contributed by atoms with Crippen LogP contribution < -0.4 is 10.2 Å². The van der Waals surface area contributed by atoms with Crippen LogP contribution in [0.4, 0.5) is 0 Å². The molecule has 0 spiro atoms. The number of benzene rings is 2. The Morgan fingerprint density at radius 2 is 1.96 bits per heavy atom. The van der Waals surface area contributed by atoms with Crippen LogP contribution in [-0.2, 0) is 0 Å². The van der Waals surface area contributed by atoms with E-state index in [1.807, 2.05) is 36.0 Å². The summed E-state index contributed by atoms with van der Waals surface area (Å²) >= 11 is 7.85. The Balaban J connectivity index is 1.55. The van der Waals surface area contributed by atoms with Gasteiger partial charge in [-0.15, -0.1) is 0 Å². The highest BCUT2D eigenvalue weighted by Crippen LogP contribution is 2.23. The number of carbonyl (C=O) groups is 1. The van der Waals surface area contributed by atoms with Gasteiger partial charge in [0.1, 0.15) is 11.9 Å². The number of nitrogens with one attached hydrogen (secondary N) is 1. The van der Waals surface area contributed by atoms with Gasteiger partial charge in [0.05, 0.1) is 16.8 Å². The van der Waals surface area contributed by atoms with Gasteiger partial charge in [0.25, 0.3) is 5.91 Å². The Morgan fingerprint density at radius 3 is 2.61 bits per heavy atom. The molecule has 2 aromatic rings. The summed E-state index contributed by atoms with van der Waals surface area (Å²) in [5.41, 5.74) is 3.74. The lowest BCUT2D eigenvalue weighted by molar-refractivity contribution is 0.0955. The second-order valence-corrected chi connectivity index (χ2v) is 6.51. The van der Waals surface area contributed by atoms with E-state index < -0.39 is 0 Å². The molecule has 4 nitrogen and oxygen atoms in total. The van der Waals surface area contributed by atoms with Gasteiger partial charge in [0.15, 0.2) is 0 Å². The first-order chi connectivity index (χ1) is 11.2. The van der Waals surface area contributed by atoms with E-state index in [4.69, 9.17) is 16.3 Å². The summed E-state index contributed by atoms with van der Waals surface area (Å²) < 4.78 is 5.77. The summed E-state index contributed by atoms with van der Waals surface area (Å²) in [4.78, 5) is 11.9. The van der Waals surface area contributed by atoms with Crippen LogP contribution in [0.25, 0.3) is 0 Å². The highest BCUT2D eigenvalue weighted by molar-refractivity contribution is 8.00. The molecule has 0 aliphatic carbocycles. The molecule has 1 aliphatic heterocycles. The minimum Gasteiger partial charge on any atom is -0.489 e. The third-order valence-electron chi connectivity index (χ3n) is 3.29. The van der Waals surface area contributed by atoms with Crippen molar-refractivity contribution in [2.45, 2.75) is 6.10 Å². The fourth-order valence-corrected chi connectivity index (χ4v) is 2.76. The lowest BCUT2D eigenvalue weighted by atomic mass is 10.2. The summed E-state index contributed by atoms with van der Waals surface area (Å²) in [6.45, 7) is 0. The Hall–Kier alpha value is -1.98. The molecule has 0 atom stereocenters. The molecule has 1 saturated heterocycles. The van der Waals surface area contributed by atoms with Crippen LogP contribution in [0.5, 0.6) is 5.75 Å². The van der Waals surface area contributed by atoms with Gasteiger partial charge in [-0.1, -0.05) is 23.7 Å². The maximum Gasteiger partial charge on any atom is 0.272 e. The Bertz CT molecular complexity index is 715. The predicted octanol–water partition coefficient (Wildman–Crippen LogP) is 3.60.